The smallest absolute Gasteiger partial charge is 0.309 e. The molecule has 2 rings (SSSR count). The molecule has 0 saturated heterocycles. The molecule has 1 aromatic rings. The molecule has 0 bridgehead atoms. The van der Waals surface area contributed by atoms with Gasteiger partial charge in [-0.1, -0.05) is 19.3 Å². The molecule has 0 heterocycles. The number of ether oxygens (including phenoxy) is 1. The molecular weight excluding hydrogens is 280 g/mol. The van der Waals surface area contributed by atoms with Crippen LogP contribution in [0.1, 0.15) is 32.1 Å². The number of carbonyl (C=O) groups excluding carboxylic acids is 2. The molecular formula is C17H24N2O3. The van der Waals surface area contributed by atoms with E-state index in [4.69, 9.17) is 4.74 Å². The Morgan fingerprint density at radius 3 is 2.36 bits per heavy atom. The molecule has 5 heteroatoms. The van der Waals surface area contributed by atoms with Gasteiger partial charge in [-0.15, -0.1) is 0 Å². The molecule has 0 unspecified atom stereocenters. The fourth-order valence-corrected chi connectivity index (χ4v) is 2.63. The third-order valence-electron chi connectivity index (χ3n) is 3.95. The van der Waals surface area contributed by atoms with Gasteiger partial charge < -0.3 is 15.0 Å². The number of hydrogen-bond donors (Lipinski definition) is 1. The van der Waals surface area contributed by atoms with E-state index in [-0.39, 0.29) is 24.4 Å². The van der Waals surface area contributed by atoms with Gasteiger partial charge in [0.05, 0.1) is 5.92 Å². The van der Waals surface area contributed by atoms with E-state index in [1.807, 2.05) is 43.3 Å². The first-order chi connectivity index (χ1) is 10.6. The van der Waals surface area contributed by atoms with Crippen LogP contribution in [0.25, 0.3) is 0 Å². The molecule has 1 amide bonds. The van der Waals surface area contributed by atoms with Crippen molar-refractivity contribution in [2.24, 2.45) is 5.92 Å². The van der Waals surface area contributed by atoms with E-state index in [0.29, 0.717) is 5.69 Å². The lowest BCUT2D eigenvalue weighted by molar-refractivity contribution is -0.152. The molecule has 1 aromatic carbocycles. The van der Waals surface area contributed by atoms with Crippen molar-refractivity contribution in [2.75, 3.05) is 30.9 Å². The molecule has 5 nitrogen and oxygen atoms in total. The van der Waals surface area contributed by atoms with E-state index in [2.05, 4.69) is 5.32 Å². The highest BCUT2D eigenvalue weighted by molar-refractivity contribution is 5.93. The van der Waals surface area contributed by atoms with Crippen LogP contribution in [-0.4, -0.2) is 32.6 Å². The average Bonchev–Trinajstić information content (AvgIpc) is 2.54. The minimum absolute atomic E-state index is 0.0269. The first-order valence-corrected chi connectivity index (χ1v) is 7.80. The lowest BCUT2D eigenvalue weighted by Gasteiger charge is -2.19. The highest BCUT2D eigenvalue weighted by Gasteiger charge is 2.23. The first-order valence-electron chi connectivity index (χ1n) is 7.80. The fraction of sp³-hybridized carbons (Fsp3) is 0.529. The number of nitrogens with zero attached hydrogens (tertiary/aromatic N) is 1. The second-order valence-electron chi connectivity index (χ2n) is 5.93. The van der Waals surface area contributed by atoms with Crippen LogP contribution in [0.4, 0.5) is 11.4 Å². The van der Waals surface area contributed by atoms with Crippen molar-refractivity contribution in [2.45, 2.75) is 32.1 Å². The summed E-state index contributed by atoms with van der Waals surface area (Å²) >= 11 is 0. The molecule has 1 fully saturated rings. The zero-order valence-electron chi connectivity index (χ0n) is 13.3. The number of hydrogen-bond acceptors (Lipinski definition) is 4. The molecule has 1 aliphatic carbocycles. The maximum Gasteiger partial charge on any atom is 0.309 e. The highest BCUT2D eigenvalue weighted by Crippen LogP contribution is 2.24. The SMILES string of the molecule is CN(C)c1ccc(NC(=O)COC(=O)C2CCCCC2)cc1. The molecule has 1 N–H and O–H groups in total. The second-order valence-corrected chi connectivity index (χ2v) is 5.93. The Balaban J connectivity index is 1.76. The predicted octanol–water partition coefficient (Wildman–Crippen LogP) is 2.81. The van der Waals surface area contributed by atoms with Crippen molar-refractivity contribution < 1.29 is 14.3 Å². The summed E-state index contributed by atoms with van der Waals surface area (Å²) in [5, 5.41) is 2.73. The summed E-state index contributed by atoms with van der Waals surface area (Å²) in [4.78, 5) is 25.7. The summed E-state index contributed by atoms with van der Waals surface area (Å²) < 4.78 is 5.12. The Morgan fingerprint density at radius 2 is 1.77 bits per heavy atom. The van der Waals surface area contributed by atoms with Gasteiger partial charge in [-0.3, -0.25) is 9.59 Å². The van der Waals surface area contributed by atoms with E-state index < -0.39 is 0 Å². The summed E-state index contributed by atoms with van der Waals surface area (Å²) in [5.74, 6) is -0.569. The molecule has 120 valence electrons. The summed E-state index contributed by atoms with van der Waals surface area (Å²) in [7, 11) is 3.91. The lowest BCUT2D eigenvalue weighted by Crippen LogP contribution is -2.26. The number of benzene rings is 1. The van der Waals surface area contributed by atoms with Crippen molar-refractivity contribution in [1.29, 1.82) is 0 Å². The van der Waals surface area contributed by atoms with Crippen LogP contribution in [0, 0.1) is 5.92 Å². The van der Waals surface area contributed by atoms with Crippen molar-refractivity contribution >= 4 is 23.3 Å². The van der Waals surface area contributed by atoms with Gasteiger partial charge in [-0.05, 0) is 37.1 Å². The van der Waals surface area contributed by atoms with E-state index in [9.17, 15) is 9.59 Å². The standard InChI is InChI=1S/C17H24N2O3/c1-19(2)15-10-8-14(9-11-15)18-16(20)12-22-17(21)13-6-4-3-5-7-13/h8-11,13H,3-7,12H2,1-2H3,(H,18,20). The van der Waals surface area contributed by atoms with Gasteiger partial charge in [0, 0.05) is 25.5 Å². The first kappa shape index (κ1) is 16.3. The predicted molar refractivity (Wildman–Crippen MR) is 86.9 cm³/mol. The maximum absolute atomic E-state index is 11.9. The largest absolute Gasteiger partial charge is 0.455 e. The zero-order chi connectivity index (χ0) is 15.9. The van der Waals surface area contributed by atoms with Gasteiger partial charge in [0.1, 0.15) is 0 Å². The van der Waals surface area contributed by atoms with E-state index in [1.54, 1.807) is 0 Å². The molecule has 0 aromatic heterocycles. The molecule has 0 spiro atoms. The number of nitrogens with one attached hydrogen (secondary N) is 1. The number of carbonyl (C=O) groups is 2. The molecule has 1 aliphatic rings. The van der Waals surface area contributed by atoms with E-state index >= 15 is 0 Å². The normalized spacial score (nSPS) is 15.2. The topological polar surface area (TPSA) is 58.6 Å². The Labute approximate surface area is 131 Å². The summed E-state index contributed by atoms with van der Waals surface area (Å²) in [6.07, 6.45) is 5.10. The monoisotopic (exact) mass is 304 g/mol. The van der Waals surface area contributed by atoms with Crippen LogP contribution in [-0.2, 0) is 14.3 Å². The number of anilines is 2. The van der Waals surface area contributed by atoms with Crippen molar-refractivity contribution in [1.82, 2.24) is 0 Å². The number of amides is 1. The Hall–Kier alpha value is -2.04. The number of esters is 1. The van der Waals surface area contributed by atoms with Gasteiger partial charge in [0.15, 0.2) is 6.61 Å². The van der Waals surface area contributed by atoms with Crippen LogP contribution in [0.5, 0.6) is 0 Å². The van der Waals surface area contributed by atoms with Crippen LogP contribution >= 0.6 is 0 Å². The average molecular weight is 304 g/mol. The third-order valence-corrected chi connectivity index (χ3v) is 3.95. The van der Waals surface area contributed by atoms with Gasteiger partial charge in [0.2, 0.25) is 0 Å². The van der Waals surface area contributed by atoms with Gasteiger partial charge in [-0.25, -0.2) is 0 Å². The van der Waals surface area contributed by atoms with Gasteiger partial charge in [0.25, 0.3) is 5.91 Å². The van der Waals surface area contributed by atoms with E-state index in [0.717, 1.165) is 31.4 Å². The second kappa shape index (κ2) is 7.82. The Kier molecular flexibility index (Phi) is 5.81. The zero-order valence-corrected chi connectivity index (χ0v) is 13.3. The molecule has 1 saturated carbocycles. The van der Waals surface area contributed by atoms with E-state index in [1.165, 1.54) is 6.42 Å². The van der Waals surface area contributed by atoms with Gasteiger partial charge in [-0.2, -0.15) is 0 Å². The molecule has 22 heavy (non-hydrogen) atoms. The van der Waals surface area contributed by atoms with Crippen LogP contribution in [0.2, 0.25) is 0 Å². The minimum atomic E-state index is -0.304. The van der Waals surface area contributed by atoms with Gasteiger partial charge >= 0.3 is 5.97 Å². The number of rotatable bonds is 5. The highest BCUT2D eigenvalue weighted by atomic mass is 16.5. The van der Waals surface area contributed by atoms with Crippen molar-refractivity contribution in [3.8, 4) is 0 Å². The van der Waals surface area contributed by atoms with Crippen LogP contribution < -0.4 is 10.2 Å². The fourth-order valence-electron chi connectivity index (χ4n) is 2.63. The minimum Gasteiger partial charge on any atom is -0.455 e. The summed E-state index contributed by atoms with van der Waals surface area (Å²) in [6, 6.07) is 7.50. The molecule has 0 radical (unpaired) electrons. The van der Waals surface area contributed by atoms with Crippen LogP contribution in [0.15, 0.2) is 24.3 Å². The van der Waals surface area contributed by atoms with Crippen molar-refractivity contribution in [3.05, 3.63) is 24.3 Å². The summed E-state index contributed by atoms with van der Waals surface area (Å²) in [6.45, 7) is -0.217. The Morgan fingerprint density at radius 1 is 1.14 bits per heavy atom. The quantitative estimate of drug-likeness (QED) is 0.850. The maximum atomic E-state index is 11.9. The lowest BCUT2D eigenvalue weighted by atomic mass is 9.89. The molecule has 0 aliphatic heterocycles. The summed E-state index contributed by atoms with van der Waals surface area (Å²) in [5.41, 5.74) is 1.76. The molecule has 0 atom stereocenters. The van der Waals surface area contributed by atoms with Crippen LogP contribution in [0.3, 0.4) is 0 Å². The Bertz CT molecular complexity index is 505. The van der Waals surface area contributed by atoms with Crippen molar-refractivity contribution in [3.63, 3.8) is 0 Å². The third kappa shape index (κ3) is 4.76.